The van der Waals surface area contributed by atoms with Gasteiger partial charge in [-0.05, 0) is 19.1 Å². The Bertz CT molecular complexity index is 441. The Balaban J connectivity index is 1.93. The summed E-state index contributed by atoms with van der Waals surface area (Å²) in [7, 11) is 0. The minimum atomic E-state index is -0.751. The number of rotatable bonds is 7. The van der Waals surface area contributed by atoms with Crippen LogP contribution < -0.4 is 4.90 Å². The van der Waals surface area contributed by atoms with Crippen molar-refractivity contribution in [2.45, 2.75) is 13.3 Å². The van der Waals surface area contributed by atoms with Gasteiger partial charge in [0.2, 0.25) is 0 Å². The van der Waals surface area contributed by atoms with Gasteiger partial charge in [-0.1, -0.05) is 17.7 Å². The average molecular weight is 292 g/mol. The van der Waals surface area contributed by atoms with Crippen molar-refractivity contribution in [1.82, 2.24) is 4.90 Å². The highest BCUT2D eigenvalue weighted by Gasteiger charge is 2.13. The van der Waals surface area contributed by atoms with Crippen molar-refractivity contribution < 1.29 is 14.6 Å². The number of aliphatic carboxylic acids is 1. The Morgan fingerprint density at radius 1 is 1.24 bits per heavy atom. The molecule has 5 heteroatoms. The van der Waals surface area contributed by atoms with Crippen molar-refractivity contribution >= 4 is 11.7 Å². The van der Waals surface area contributed by atoms with Gasteiger partial charge in [0, 0.05) is 38.4 Å². The van der Waals surface area contributed by atoms with Crippen LogP contribution in [0.2, 0.25) is 0 Å². The number of aryl methyl sites for hydroxylation is 1. The summed E-state index contributed by atoms with van der Waals surface area (Å²) in [6.07, 6.45) is 0.164. The van der Waals surface area contributed by atoms with Gasteiger partial charge in [0.05, 0.1) is 19.6 Å². The molecule has 5 nitrogen and oxygen atoms in total. The van der Waals surface area contributed by atoms with Crippen molar-refractivity contribution in [3.63, 3.8) is 0 Å². The van der Waals surface area contributed by atoms with E-state index in [2.05, 4.69) is 41.0 Å². The molecule has 21 heavy (non-hydrogen) atoms. The molecule has 1 saturated heterocycles. The molecule has 0 atom stereocenters. The summed E-state index contributed by atoms with van der Waals surface area (Å²) in [4.78, 5) is 15.4. The lowest BCUT2D eigenvalue weighted by Gasteiger charge is -2.31. The predicted molar refractivity (Wildman–Crippen MR) is 82.9 cm³/mol. The summed E-state index contributed by atoms with van der Waals surface area (Å²) in [6.45, 7) is 7.88. The van der Waals surface area contributed by atoms with Crippen LogP contribution in [-0.2, 0) is 9.53 Å². The Hall–Kier alpha value is -1.59. The second-order valence-electron chi connectivity index (χ2n) is 5.42. The van der Waals surface area contributed by atoms with Crippen LogP contribution in [0.5, 0.6) is 0 Å². The van der Waals surface area contributed by atoms with Crippen molar-refractivity contribution in [3.05, 3.63) is 29.8 Å². The van der Waals surface area contributed by atoms with Gasteiger partial charge in [0.15, 0.2) is 0 Å². The molecule has 1 aromatic carbocycles. The molecule has 0 aromatic heterocycles. The first kappa shape index (κ1) is 15.8. The van der Waals surface area contributed by atoms with E-state index >= 15 is 0 Å². The topological polar surface area (TPSA) is 53.0 Å². The number of carbonyl (C=O) groups is 1. The predicted octanol–water partition coefficient (Wildman–Crippen LogP) is 1.61. The Labute approximate surface area is 126 Å². The molecule has 1 heterocycles. The third kappa shape index (κ3) is 5.36. The normalized spacial score (nSPS) is 15.9. The summed E-state index contributed by atoms with van der Waals surface area (Å²) in [5.41, 5.74) is 2.31. The first-order valence-electron chi connectivity index (χ1n) is 7.48. The van der Waals surface area contributed by atoms with Crippen molar-refractivity contribution in [3.8, 4) is 0 Å². The number of hydrogen-bond donors (Lipinski definition) is 1. The van der Waals surface area contributed by atoms with E-state index in [4.69, 9.17) is 9.84 Å². The maximum Gasteiger partial charge on any atom is 0.305 e. The van der Waals surface area contributed by atoms with Gasteiger partial charge < -0.3 is 14.7 Å². The van der Waals surface area contributed by atoms with Gasteiger partial charge in [-0.15, -0.1) is 0 Å². The fourth-order valence-electron chi connectivity index (χ4n) is 2.44. The van der Waals surface area contributed by atoms with Crippen LogP contribution in [0.15, 0.2) is 24.3 Å². The molecule has 1 aliphatic heterocycles. The Morgan fingerprint density at radius 2 is 1.90 bits per heavy atom. The monoisotopic (exact) mass is 292 g/mol. The third-order valence-electron chi connectivity index (χ3n) is 3.78. The van der Waals surface area contributed by atoms with Gasteiger partial charge in [0.1, 0.15) is 0 Å². The second kappa shape index (κ2) is 8.00. The van der Waals surface area contributed by atoms with E-state index in [9.17, 15) is 4.79 Å². The van der Waals surface area contributed by atoms with Gasteiger partial charge in [-0.2, -0.15) is 0 Å². The number of ether oxygens (including phenoxy) is 1. The van der Waals surface area contributed by atoms with Gasteiger partial charge in [0.25, 0.3) is 0 Å². The minimum absolute atomic E-state index is 0.164. The molecule has 0 bridgehead atoms. The van der Waals surface area contributed by atoms with Crippen LogP contribution in [0.4, 0.5) is 5.69 Å². The number of benzene rings is 1. The molecular formula is C16H24N2O3. The highest BCUT2D eigenvalue weighted by Crippen LogP contribution is 2.15. The van der Waals surface area contributed by atoms with E-state index in [-0.39, 0.29) is 6.42 Å². The van der Waals surface area contributed by atoms with Gasteiger partial charge in [-0.3, -0.25) is 9.69 Å². The number of hydrogen-bond acceptors (Lipinski definition) is 4. The van der Waals surface area contributed by atoms with Crippen LogP contribution >= 0.6 is 0 Å². The fourth-order valence-corrected chi connectivity index (χ4v) is 2.44. The van der Waals surface area contributed by atoms with Gasteiger partial charge >= 0.3 is 5.97 Å². The summed E-state index contributed by atoms with van der Waals surface area (Å²) in [6, 6.07) is 8.27. The van der Waals surface area contributed by atoms with Crippen molar-refractivity contribution in [2.24, 2.45) is 0 Å². The highest BCUT2D eigenvalue weighted by atomic mass is 16.5. The molecule has 0 unspecified atom stereocenters. The van der Waals surface area contributed by atoms with Crippen LogP contribution in [-0.4, -0.2) is 61.9 Å². The molecule has 1 fully saturated rings. The molecule has 0 radical (unpaired) electrons. The van der Waals surface area contributed by atoms with Crippen molar-refractivity contribution in [1.29, 1.82) is 0 Å². The van der Waals surface area contributed by atoms with Crippen LogP contribution in [0.3, 0.4) is 0 Å². The standard InChI is InChI=1S/C16H24N2O3/c1-14-2-4-15(5-3-14)18(7-6-16(19)20)9-8-17-10-12-21-13-11-17/h2-5H,6-13H2,1H3,(H,19,20). The summed E-state index contributed by atoms with van der Waals surface area (Å²) in [5, 5.41) is 8.92. The first-order chi connectivity index (χ1) is 10.1. The largest absolute Gasteiger partial charge is 0.481 e. The van der Waals surface area contributed by atoms with E-state index < -0.39 is 5.97 Å². The molecule has 116 valence electrons. The molecule has 1 N–H and O–H groups in total. The average Bonchev–Trinajstić information content (AvgIpc) is 2.49. The molecule has 1 aliphatic rings. The number of anilines is 1. The lowest BCUT2D eigenvalue weighted by molar-refractivity contribution is -0.136. The van der Waals surface area contributed by atoms with Crippen LogP contribution in [0, 0.1) is 6.92 Å². The minimum Gasteiger partial charge on any atom is -0.481 e. The quantitative estimate of drug-likeness (QED) is 0.827. The zero-order valence-corrected chi connectivity index (χ0v) is 12.6. The molecule has 0 aliphatic carbocycles. The van der Waals surface area contributed by atoms with E-state index in [1.54, 1.807) is 0 Å². The molecule has 2 rings (SSSR count). The van der Waals surface area contributed by atoms with Gasteiger partial charge in [-0.25, -0.2) is 0 Å². The van der Waals surface area contributed by atoms with E-state index in [0.29, 0.717) is 6.54 Å². The zero-order chi connectivity index (χ0) is 15.1. The third-order valence-corrected chi connectivity index (χ3v) is 3.78. The van der Waals surface area contributed by atoms with E-state index in [1.807, 2.05) is 0 Å². The number of carboxylic acids is 1. The first-order valence-corrected chi connectivity index (χ1v) is 7.48. The molecular weight excluding hydrogens is 268 g/mol. The molecule has 0 spiro atoms. The molecule has 0 saturated carbocycles. The summed E-state index contributed by atoms with van der Waals surface area (Å²) >= 11 is 0. The SMILES string of the molecule is Cc1ccc(N(CCC(=O)O)CCN2CCOCC2)cc1. The number of nitrogens with zero attached hydrogens (tertiary/aromatic N) is 2. The Morgan fingerprint density at radius 3 is 2.52 bits per heavy atom. The summed E-state index contributed by atoms with van der Waals surface area (Å²) < 4.78 is 5.35. The maximum absolute atomic E-state index is 10.8. The zero-order valence-electron chi connectivity index (χ0n) is 12.6. The lowest BCUT2D eigenvalue weighted by Crippen LogP contribution is -2.42. The molecule has 1 aromatic rings. The highest BCUT2D eigenvalue weighted by molar-refractivity contribution is 5.67. The van der Waals surface area contributed by atoms with Crippen LogP contribution in [0.25, 0.3) is 0 Å². The second-order valence-corrected chi connectivity index (χ2v) is 5.42. The number of morpholine rings is 1. The fraction of sp³-hybridized carbons (Fsp3) is 0.562. The summed E-state index contributed by atoms with van der Waals surface area (Å²) in [5.74, 6) is -0.751. The number of carboxylic acid groups (broad SMARTS) is 1. The lowest BCUT2D eigenvalue weighted by atomic mass is 10.2. The van der Waals surface area contributed by atoms with Crippen molar-refractivity contribution in [2.75, 3.05) is 50.8 Å². The van der Waals surface area contributed by atoms with E-state index in [0.717, 1.165) is 45.1 Å². The Kier molecular flexibility index (Phi) is 6.02. The smallest absolute Gasteiger partial charge is 0.305 e. The molecule has 0 amide bonds. The maximum atomic E-state index is 10.8. The van der Waals surface area contributed by atoms with Crippen LogP contribution in [0.1, 0.15) is 12.0 Å². The van der Waals surface area contributed by atoms with E-state index in [1.165, 1.54) is 5.56 Å².